The molecule has 1 N–H and O–H groups in total. The van der Waals surface area contributed by atoms with Crippen molar-refractivity contribution >= 4 is 11.9 Å². The molecule has 1 atom stereocenters. The number of aliphatic carboxylic acids is 1. The molecule has 2 saturated carbocycles. The number of nitrogens with zero attached hydrogens (tertiary/aromatic N) is 3. The van der Waals surface area contributed by atoms with E-state index in [1.807, 2.05) is 4.68 Å². The Morgan fingerprint density at radius 2 is 1.68 bits per heavy atom. The minimum atomic E-state index is -4.42. The van der Waals surface area contributed by atoms with Gasteiger partial charge >= 0.3 is 12.1 Å². The Bertz CT molecular complexity index is 1080. The summed E-state index contributed by atoms with van der Waals surface area (Å²) in [6.07, 6.45) is 2.27. The Morgan fingerprint density at radius 3 is 2.32 bits per heavy atom. The second-order valence-corrected chi connectivity index (χ2v) is 9.83. The first kappa shape index (κ1) is 22.9. The predicted molar refractivity (Wildman–Crippen MR) is 118 cm³/mol. The third-order valence-corrected chi connectivity index (χ3v) is 7.60. The molecule has 0 spiro atoms. The van der Waals surface area contributed by atoms with Gasteiger partial charge in [0.25, 0.3) is 5.91 Å². The molecule has 34 heavy (non-hydrogen) atoms. The average molecular weight is 476 g/mol. The highest BCUT2D eigenvalue weighted by Gasteiger charge is 2.40. The van der Waals surface area contributed by atoms with E-state index in [0.29, 0.717) is 44.2 Å². The van der Waals surface area contributed by atoms with Crippen LogP contribution in [0.2, 0.25) is 0 Å². The number of hydrogen-bond donors (Lipinski definition) is 1. The van der Waals surface area contributed by atoms with Crippen molar-refractivity contribution in [2.45, 2.75) is 69.0 Å². The molecule has 9 heteroatoms. The van der Waals surface area contributed by atoms with Gasteiger partial charge in [0.05, 0.1) is 35.0 Å². The van der Waals surface area contributed by atoms with Gasteiger partial charge in [-0.3, -0.25) is 14.3 Å². The minimum Gasteiger partial charge on any atom is -0.481 e. The van der Waals surface area contributed by atoms with Crippen LogP contribution in [0.15, 0.2) is 30.5 Å². The number of benzene rings is 1. The van der Waals surface area contributed by atoms with E-state index >= 15 is 0 Å². The van der Waals surface area contributed by atoms with E-state index in [1.165, 1.54) is 12.1 Å². The number of aromatic nitrogens is 2. The van der Waals surface area contributed by atoms with Crippen molar-refractivity contribution in [3.05, 3.63) is 52.8 Å². The second-order valence-electron chi connectivity index (χ2n) is 9.83. The van der Waals surface area contributed by atoms with E-state index in [4.69, 9.17) is 0 Å². The Kier molecular flexibility index (Phi) is 5.90. The molecular formula is C25H28F3N3O3. The van der Waals surface area contributed by atoms with Gasteiger partial charge < -0.3 is 10.0 Å². The summed E-state index contributed by atoms with van der Waals surface area (Å²) < 4.78 is 42.4. The molecule has 1 amide bonds. The maximum atomic E-state index is 13.5. The van der Waals surface area contributed by atoms with Crippen LogP contribution >= 0.6 is 0 Å². The van der Waals surface area contributed by atoms with E-state index in [9.17, 15) is 27.9 Å². The molecule has 0 unspecified atom stereocenters. The number of carbonyl (C=O) groups excluding carboxylic acids is 1. The first-order valence-corrected chi connectivity index (χ1v) is 12.0. The minimum absolute atomic E-state index is 0.0812. The topological polar surface area (TPSA) is 75.4 Å². The van der Waals surface area contributed by atoms with Gasteiger partial charge in [-0.25, -0.2) is 0 Å². The Balaban J connectivity index is 1.34. The lowest BCUT2D eigenvalue weighted by Crippen LogP contribution is -2.30. The normalized spacial score (nSPS) is 25.5. The van der Waals surface area contributed by atoms with Gasteiger partial charge in [0, 0.05) is 24.9 Å². The summed E-state index contributed by atoms with van der Waals surface area (Å²) in [4.78, 5) is 26.4. The molecule has 2 heterocycles. The van der Waals surface area contributed by atoms with Gasteiger partial charge in [0.2, 0.25) is 0 Å². The van der Waals surface area contributed by atoms with Crippen LogP contribution in [0.5, 0.6) is 0 Å². The molecule has 2 aromatic rings. The van der Waals surface area contributed by atoms with Gasteiger partial charge in [0.15, 0.2) is 0 Å². The molecule has 1 saturated heterocycles. The summed E-state index contributed by atoms with van der Waals surface area (Å²) in [5, 5.41) is 13.8. The van der Waals surface area contributed by atoms with Gasteiger partial charge in [-0.1, -0.05) is 18.2 Å². The molecule has 5 rings (SSSR count). The number of carboxylic acids is 1. The molecule has 1 aliphatic heterocycles. The summed E-state index contributed by atoms with van der Waals surface area (Å²) in [6, 6.07) is 5.71. The summed E-state index contributed by atoms with van der Waals surface area (Å²) >= 11 is 0. The van der Waals surface area contributed by atoms with Crippen molar-refractivity contribution in [1.82, 2.24) is 14.7 Å². The van der Waals surface area contributed by atoms with Crippen LogP contribution in [0.25, 0.3) is 0 Å². The number of halogens is 3. The lowest BCUT2D eigenvalue weighted by molar-refractivity contribution is -0.143. The zero-order valence-corrected chi connectivity index (χ0v) is 18.8. The number of alkyl halides is 3. The van der Waals surface area contributed by atoms with Crippen molar-refractivity contribution in [2.24, 2.45) is 5.92 Å². The molecule has 0 radical (unpaired) electrons. The SMILES string of the molecule is O=C(O)C1CCC(n2ncc(C(=O)N3CC[C@@H](c4ccccc4C(F)(F)F)C3)c2C2CC2)CC1. The monoisotopic (exact) mass is 475 g/mol. The molecule has 182 valence electrons. The summed E-state index contributed by atoms with van der Waals surface area (Å²) in [6.45, 7) is 0.666. The second kappa shape index (κ2) is 8.74. The molecule has 1 aromatic heterocycles. The van der Waals surface area contributed by atoms with Crippen molar-refractivity contribution < 1.29 is 27.9 Å². The standard InChI is InChI=1S/C25H28F3N3O3/c26-25(27,28)21-4-2-1-3-19(21)17-11-12-30(14-17)23(32)20-13-29-31(22(20)15-5-6-15)18-9-7-16(8-10-18)24(33)34/h1-4,13,15-18H,5-12,14H2,(H,33,34)/t16?,17-,18?/m1/s1. The molecule has 6 nitrogen and oxygen atoms in total. The first-order valence-electron chi connectivity index (χ1n) is 12.0. The molecule has 2 aliphatic carbocycles. The summed E-state index contributed by atoms with van der Waals surface area (Å²) in [5.41, 5.74) is 1.09. The molecule has 0 bridgehead atoms. The smallest absolute Gasteiger partial charge is 0.416 e. The van der Waals surface area contributed by atoms with E-state index in [-0.39, 0.29) is 41.8 Å². The van der Waals surface area contributed by atoms with Gasteiger partial charge in [-0.15, -0.1) is 0 Å². The quantitative estimate of drug-likeness (QED) is 0.643. The fourth-order valence-corrected chi connectivity index (χ4v) is 5.64. The third-order valence-electron chi connectivity index (χ3n) is 7.60. The highest BCUT2D eigenvalue weighted by molar-refractivity contribution is 5.95. The number of carboxylic acid groups (broad SMARTS) is 1. The van der Waals surface area contributed by atoms with Gasteiger partial charge in [-0.05, 0) is 56.6 Å². The number of hydrogen-bond acceptors (Lipinski definition) is 3. The number of amides is 1. The number of rotatable bonds is 5. The third kappa shape index (κ3) is 4.32. The maximum Gasteiger partial charge on any atom is 0.416 e. The summed E-state index contributed by atoms with van der Waals surface area (Å²) in [5.74, 6) is -1.33. The van der Waals surface area contributed by atoms with Crippen molar-refractivity contribution in [3.63, 3.8) is 0 Å². The molecule has 3 aliphatic rings. The zero-order chi connectivity index (χ0) is 24.0. The lowest BCUT2D eigenvalue weighted by atomic mass is 9.86. The van der Waals surface area contributed by atoms with E-state index in [1.54, 1.807) is 17.2 Å². The van der Waals surface area contributed by atoms with Crippen LogP contribution in [-0.4, -0.2) is 44.8 Å². The first-order chi connectivity index (χ1) is 16.2. The Morgan fingerprint density at radius 1 is 0.971 bits per heavy atom. The fourth-order valence-electron chi connectivity index (χ4n) is 5.64. The molecular weight excluding hydrogens is 447 g/mol. The van der Waals surface area contributed by atoms with Crippen LogP contribution in [0, 0.1) is 5.92 Å². The maximum absolute atomic E-state index is 13.5. The average Bonchev–Trinajstić information content (AvgIpc) is 3.36. The zero-order valence-electron chi connectivity index (χ0n) is 18.8. The lowest BCUT2D eigenvalue weighted by Gasteiger charge is -2.28. The van der Waals surface area contributed by atoms with Crippen molar-refractivity contribution in [2.75, 3.05) is 13.1 Å². The number of carbonyl (C=O) groups is 2. The van der Waals surface area contributed by atoms with Crippen LogP contribution in [-0.2, 0) is 11.0 Å². The van der Waals surface area contributed by atoms with Gasteiger partial charge in [-0.2, -0.15) is 18.3 Å². The highest BCUT2D eigenvalue weighted by Crippen LogP contribution is 2.45. The van der Waals surface area contributed by atoms with Crippen LogP contribution in [0.3, 0.4) is 0 Å². The van der Waals surface area contributed by atoms with E-state index in [2.05, 4.69) is 5.10 Å². The van der Waals surface area contributed by atoms with E-state index < -0.39 is 17.7 Å². The Labute approximate surface area is 195 Å². The highest BCUT2D eigenvalue weighted by atomic mass is 19.4. The largest absolute Gasteiger partial charge is 0.481 e. The van der Waals surface area contributed by atoms with Crippen molar-refractivity contribution in [1.29, 1.82) is 0 Å². The van der Waals surface area contributed by atoms with Gasteiger partial charge in [0.1, 0.15) is 0 Å². The van der Waals surface area contributed by atoms with Crippen LogP contribution in [0.4, 0.5) is 13.2 Å². The fraction of sp³-hybridized carbons (Fsp3) is 0.560. The Hall–Kier alpha value is -2.84. The summed E-state index contributed by atoms with van der Waals surface area (Å²) in [7, 11) is 0. The van der Waals surface area contributed by atoms with Crippen molar-refractivity contribution in [3.8, 4) is 0 Å². The van der Waals surface area contributed by atoms with Crippen LogP contribution in [0.1, 0.15) is 90.0 Å². The molecule has 1 aromatic carbocycles. The molecule has 3 fully saturated rings. The van der Waals surface area contributed by atoms with Crippen LogP contribution < -0.4 is 0 Å². The number of likely N-dealkylation sites (tertiary alicyclic amines) is 1. The van der Waals surface area contributed by atoms with E-state index in [0.717, 1.165) is 24.6 Å². The predicted octanol–water partition coefficient (Wildman–Crippen LogP) is 5.22.